The molecular formula is C14H15Cl2NO5S. The van der Waals surface area contributed by atoms with Crippen LogP contribution in [0.3, 0.4) is 0 Å². The third kappa shape index (κ3) is 4.83. The second-order valence-corrected chi connectivity index (χ2v) is 8.65. The molecule has 9 heteroatoms. The average molecular weight is 380 g/mol. The number of ether oxygens (including phenoxy) is 1. The number of carbonyl (C=O) groups is 2. The SMILES string of the molecule is C[C@]1(NC(=O)COC(=O)c2ccc(Cl)c(Cl)c2)CCS(=O)(=O)C1. The fraction of sp³-hybridized carbons (Fsp3) is 0.429. The number of sulfone groups is 1. The highest BCUT2D eigenvalue weighted by molar-refractivity contribution is 7.91. The van der Waals surface area contributed by atoms with E-state index >= 15 is 0 Å². The first-order valence-corrected chi connectivity index (χ1v) is 9.32. The third-order valence-electron chi connectivity index (χ3n) is 3.43. The number of halogens is 2. The zero-order valence-corrected chi connectivity index (χ0v) is 14.6. The van der Waals surface area contributed by atoms with Crippen LogP contribution < -0.4 is 5.32 Å². The van der Waals surface area contributed by atoms with Gasteiger partial charge in [-0.25, -0.2) is 13.2 Å². The van der Waals surface area contributed by atoms with Gasteiger partial charge < -0.3 is 10.1 Å². The van der Waals surface area contributed by atoms with E-state index in [1.54, 1.807) is 6.92 Å². The van der Waals surface area contributed by atoms with E-state index in [1.165, 1.54) is 18.2 Å². The van der Waals surface area contributed by atoms with E-state index in [4.69, 9.17) is 27.9 Å². The van der Waals surface area contributed by atoms with Crippen molar-refractivity contribution in [2.24, 2.45) is 0 Å². The predicted molar refractivity (Wildman–Crippen MR) is 86.6 cm³/mol. The highest BCUT2D eigenvalue weighted by atomic mass is 35.5. The molecule has 1 aromatic carbocycles. The lowest BCUT2D eigenvalue weighted by Crippen LogP contribution is -2.48. The van der Waals surface area contributed by atoms with E-state index in [0.717, 1.165) is 0 Å². The smallest absolute Gasteiger partial charge is 0.338 e. The summed E-state index contributed by atoms with van der Waals surface area (Å²) in [5, 5.41) is 3.10. The fourth-order valence-electron chi connectivity index (χ4n) is 2.32. The van der Waals surface area contributed by atoms with E-state index in [1.807, 2.05) is 0 Å². The van der Waals surface area contributed by atoms with Crippen molar-refractivity contribution >= 4 is 44.9 Å². The zero-order valence-electron chi connectivity index (χ0n) is 12.3. The van der Waals surface area contributed by atoms with Gasteiger partial charge in [-0.3, -0.25) is 4.79 Å². The van der Waals surface area contributed by atoms with Crippen molar-refractivity contribution in [1.82, 2.24) is 5.32 Å². The van der Waals surface area contributed by atoms with Gasteiger partial charge in [0.05, 0.1) is 32.7 Å². The predicted octanol–water partition coefficient (Wildman–Crippen LogP) is 1.84. The van der Waals surface area contributed by atoms with Gasteiger partial charge in [-0.2, -0.15) is 0 Å². The van der Waals surface area contributed by atoms with E-state index in [0.29, 0.717) is 11.4 Å². The monoisotopic (exact) mass is 379 g/mol. The third-order valence-corrected chi connectivity index (χ3v) is 6.08. The van der Waals surface area contributed by atoms with Crippen LogP contribution in [-0.4, -0.2) is 43.9 Å². The lowest BCUT2D eigenvalue weighted by atomic mass is 10.0. The second-order valence-electron chi connectivity index (χ2n) is 5.66. The van der Waals surface area contributed by atoms with Crippen molar-refractivity contribution in [1.29, 1.82) is 0 Å². The number of hydrogen-bond acceptors (Lipinski definition) is 5. The molecule has 1 N–H and O–H groups in total. The van der Waals surface area contributed by atoms with Crippen molar-refractivity contribution in [3.8, 4) is 0 Å². The number of hydrogen-bond donors (Lipinski definition) is 1. The number of amides is 1. The van der Waals surface area contributed by atoms with Gasteiger partial charge in [0.15, 0.2) is 16.4 Å². The Bertz CT molecular complexity index is 750. The molecule has 126 valence electrons. The summed E-state index contributed by atoms with van der Waals surface area (Å²) in [5.74, 6) is -1.36. The van der Waals surface area contributed by atoms with Gasteiger partial charge >= 0.3 is 5.97 Å². The van der Waals surface area contributed by atoms with Crippen LogP contribution in [0.15, 0.2) is 18.2 Å². The van der Waals surface area contributed by atoms with Crippen molar-refractivity contribution in [3.63, 3.8) is 0 Å². The number of esters is 1. The fourth-order valence-corrected chi connectivity index (χ4v) is 4.71. The standard InChI is InChI=1S/C14H15Cl2NO5S/c1-14(4-5-23(20,21)8-14)17-12(18)7-22-13(19)9-2-3-10(15)11(16)6-9/h2-3,6H,4-5,7-8H2,1H3,(H,17,18)/t14-/m0/s1. The first-order chi connectivity index (χ1) is 10.6. The highest BCUT2D eigenvalue weighted by Crippen LogP contribution is 2.24. The van der Waals surface area contributed by atoms with Crippen LogP contribution in [0.4, 0.5) is 0 Å². The Hall–Kier alpha value is -1.31. The van der Waals surface area contributed by atoms with Gasteiger partial charge in [0.1, 0.15) is 0 Å². The molecular weight excluding hydrogens is 365 g/mol. The van der Waals surface area contributed by atoms with Crippen molar-refractivity contribution in [2.45, 2.75) is 18.9 Å². The number of rotatable bonds is 4. The Balaban J connectivity index is 1.89. The van der Waals surface area contributed by atoms with Crippen LogP contribution in [0.1, 0.15) is 23.7 Å². The minimum atomic E-state index is -3.13. The molecule has 0 spiro atoms. The molecule has 1 aliphatic rings. The molecule has 0 saturated carbocycles. The molecule has 6 nitrogen and oxygen atoms in total. The number of carbonyl (C=O) groups excluding carboxylic acids is 2. The Kier molecular flexibility index (Phi) is 5.23. The van der Waals surface area contributed by atoms with E-state index in [2.05, 4.69) is 5.32 Å². The lowest BCUT2D eigenvalue weighted by molar-refractivity contribution is -0.125. The van der Waals surface area contributed by atoms with Crippen LogP contribution in [0.25, 0.3) is 0 Å². The minimum Gasteiger partial charge on any atom is -0.452 e. The molecule has 1 heterocycles. The van der Waals surface area contributed by atoms with Crippen LogP contribution in [0.5, 0.6) is 0 Å². The van der Waals surface area contributed by atoms with E-state index < -0.39 is 33.9 Å². The van der Waals surface area contributed by atoms with E-state index in [-0.39, 0.29) is 22.1 Å². The molecule has 0 aliphatic carbocycles. The Labute approximate surface area is 144 Å². The quantitative estimate of drug-likeness (QED) is 0.806. The summed E-state index contributed by atoms with van der Waals surface area (Å²) in [6.45, 7) is 1.14. The number of benzene rings is 1. The molecule has 0 unspecified atom stereocenters. The molecule has 1 fully saturated rings. The summed E-state index contributed by atoms with van der Waals surface area (Å²) in [4.78, 5) is 23.7. The molecule has 1 atom stereocenters. The molecule has 23 heavy (non-hydrogen) atoms. The van der Waals surface area contributed by atoms with Crippen molar-refractivity contribution in [3.05, 3.63) is 33.8 Å². The topological polar surface area (TPSA) is 89.5 Å². The maximum atomic E-state index is 11.8. The summed E-state index contributed by atoms with van der Waals surface area (Å²) in [6.07, 6.45) is 0.335. The first-order valence-electron chi connectivity index (χ1n) is 6.74. The molecule has 1 aliphatic heterocycles. The highest BCUT2D eigenvalue weighted by Gasteiger charge is 2.39. The Morgan fingerprint density at radius 2 is 2.00 bits per heavy atom. The molecule has 1 amide bonds. The summed E-state index contributed by atoms with van der Waals surface area (Å²) in [7, 11) is -3.13. The Morgan fingerprint density at radius 3 is 2.57 bits per heavy atom. The van der Waals surface area contributed by atoms with E-state index in [9.17, 15) is 18.0 Å². The Morgan fingerprint density at radius 1 is 1.30 bits per heavy atom. The maximum Gasteiger partial charge on any atom is 0.338 e. The molecule has 0 radical (unpaired) electrons. The summed E-state index contributed by atoms with van der Waals surface area (Å²) >= 11 is 11.6. The van der Waals surface area contributed by atoms with Gasteiger partial charge in [-0.15, -0.1) is 0 Å². The van der Waals surface area contributed by atoms with Gasteiger partial charge in [-0.1, -0.05) is 23.2 Å². The van der Waals surface area contributed by atoms with Crippen LogP contribution >= 0.6 is 23.2 Å². The van der Waals surface area contributed by atoms with Crippen LogP contribution in [0, 0.1) is 0 Å². The number of nitrogens with one attached hydrogen (secondary N) is 1. The lowest BCUT2D eigenvalue weighted by Gasteiger charge is -2.23. The molecule has 0 aromatic heterocycles. The zero-order chi connectivity index (χ0) is 17.3. The van der Waals surface area contributed by atoms with Crippen LogP contribution in [0.2, 0.25) is 10.0 Å². The molecule has 0 bridgehead atoms. The van der Waals surface area contributed by atoms with Gasteiger partial charge in [0.25, 0.3) is 5.91 Å². The van der Waals surface area contributed by atoms with Gasteiger partial charge in [-0.05, 0) is 31.5 Å². The van der Waals surface area contributed by atoms with Crippen molar-refractivity contribution in [2.75, 3.05) is 18.1 Å². The molecule has 2 rings (SSSR count). The normalized spacial score (nSPS) is 22.6. The van der Waals surface area contributed by atoms with Crippen LogP contribution in [-0.2, 0) is 19.4 Å². The maximum absolute atomic E-state index is 11.8. The largest absolute Gasteiger partial charge is 0.452 e. The van der Waals surface area contributed by atoms with Crippen molar-refractivity contribution < 1.29 is 22.7 Å². The molecule has 1 saturated heterocycles. The minimum absolute atomic E-state index is 0.0346. The summed E-state index contributed by atoms with van der Waals surface area (Å²) < 4.78 is 27.8. The van der Waals surface area contributed by atoms with Gasteiger partial charge in [0, 0.05) is 0 Å². The molecule has 1 aromatic rings. The van der Waals surface area contributed by atoms with Gasteiger partial charge in [0.2, 0.25) is 0 Å². The summed E-state index contributed by atoms with van der Waals surface area (Å²) in [6, 6.07) is 4.22. The average Bonchev–Trinajstić information content (AvgIpc) is 2.72. The summed E-state index contributed by atoms with van der Waals surface area (Å²) in [5.41, 5.74) is -0.659. The second kappa shape index (κ2) is 6.67. The first kappa shape index (κ1) is 18.0.